The van der Waals surface area contributed by atoms with E-state index in [2.05, 4.69) is 0 Å². The molecule has 0 atom stereocenters. The molecular formula is C10H5Cl2NO3. The van der Waals surface area contributed by atoms with Crippen molar-refractivity contribution in [2.45, 2.75) is 0 Å². The van der Waals surface area contributed by atoms with Gasteiger partial charge in [0.05, 0.1) is 16.2 Å². The van der Waals surface area contributed by atoms with E-state index in [0.29, 0.717) is 11.3 Å². The minimum absolute atomic E-state index is 0.0285. The number of halogens is 2. The minimum atomic E-state index is -0.583. The molecule has 0 fully saturated rings. The summed E-state index contributed by atoms with van der Waals surface area (Å²) in [5.74, 6) is 0.516. The van der Waals surface area contributed by atoms with Crippen LogP contribution in [0.1, 0.15) is 0 Å². The topological polar surface area (TPSA) is 56.3 Å². The summed E-state index contributed by atoms with van der Waals surface area (Å²) in [7, 11) is 0. The van der Waals surface area contributed by atoms with Gasteiger partial charge in [-0.1, -0.05) is 23.2 Å². The number of furan rings is 1. The summed E-state index contributed by atoms with van der Waals surface area (Å²) in [5.41, 5.74) is 0.309. The van der Waals surface area contributed by atoms with Gasteiger partial charge in [-0.2, -0.15) is 0 Å². The molecule has 0 spiro atoms. The molecule has 0 amide bonds. The highest BCUT2D eigenvalue weighted by molar-refractivity contribution is 6.36. The van der Waals surface area contributed by atoms with Crippen LogP contribution in [0.3, 0.4) is 0 Å². The third-order valence-electron chi connectivity index (χ3n) is 2.02. The lowest BCUT2D eigenvalue weighted by Crippen LogP contribution is -1.90. The summed E-state index contributed by atoms with van der Waals surface area (Å²) in [6.45, 7) is 0. The minimum Gasteiger partial charge on any atom is -0.464 e. The Balaban J connectivity index is 2.59. The molecule has 0 saturated heterocycles. The Hall–Kier alpha value is -1.52. The zero-order chi connectivity index (χ0) is 11.7. The predicted molar refractivity (Wildman–Crippen MR) is 60.8 cm³/mol. The van der Waals surface area contributed by atoms with E-state index < -0.39 is 4.92 Å². The average molecular weight is 258 g/mol. The van der Waals surface area contributed by atoms with E-state index in [9.17, 15) is 10.1 Å². The van der Waals surface area contributed by atoms with Crippen molar-refractivity contribution in [3.63, 3.8) is 0 Å². The average Bonchev–Trinajstić information content (AvgIpc) is 2.73. The molecule has 4 nitrogen and oxygen atoms in total. The molecule has 0 aliphatic carbocycles. The second-order valence-electron chi connectivity index (χ2n) is 3.02. The first-order chi connectivity index (χ1) is 7.59. The molecule has 0 aliphatic rings. The Morgan fingerprint density at radius 2 is 2.00 bits per heavy atom. The quantitative estimate of drug-likeness (QED) is 0.600. The van der Waals surface area contributed by atoms with Gasteiger partial charge in [-0.15, -0.1) is 0 Å². The van der Waals surface area contributed by atoms with Gasteiger partial charge in [-0.25, -0.2) is 0 Å². The zero-order valence-corrected chi connectivity index (χ0v) is 9.33. The Morgan fingerprint density at radius 3 is 2.56 bits per heavy atom. The van der Waals surface area contributed by atoms with Crippen molar-refractivity contribution in [3.05, 3.63) is 50.7 Å². The lowest BCUT2D eigenvalue weighted by Gasteiger charge is -2.02. The SMILES string of the molecule is O=[N+]([O-])c1cc(Cl)c(-c2ccco2)cc1Cl. The summed E-state index contributed by atoms with van der Waals surface area (Å²) < 4.78 is 5.14. The lowest BCUT2D eigenvalue weighted by molar-refractivity contribution is -0.384. The molecule has 0 unspecified atom stereocenters. The van der Waals surface area contributed by atoms with Crippen molar-refractivity contribution in [1.82, 2.24) is 0 Å². The summed E-state index contributed by atoms with van der Waals surface area (Å²) in [6, 6.07) is 6.02. The third-order valence-corrected chi connectivity index (χ3v) is 2.64. The van der Waals surface area contributed by atoms with Crippen LogP contribution in [0.15, 0.2) is 34.9 Å². The molecule has 0 N–H and O–H groups in total. The highest BCUT2D eigenvalue weighted by Crippen LogP contribution is 2.36. The molecule has 1 aromatic carbocycles. The molecule has 16 heavy (non-hydrogen) atoms. The molecule has 0 aliphatic heterocycles. The van der Waals surface area contributed by atoms with E-state index in [1.54, 1.807) is 12.1 Å². The van der Waals surface area contributed by atoms with Crippen molar-refractivity contribution in [2.75, 3.05) is 0 Å². The second-order valence-corrected chi connectivity index (χ2v) is 3.83. The summed E-state index contributed by atoms with van der Waals surface area (Å²) in [5, 5.41) is 10.9. The second kappa shape index (κ2) is 4.15. The molecule has 1 heterocycles. The smallest absolute Gasteiger partial charge is 0.289 e. The normalized spacial score (nSPS) is 10.4. The van der Waals surface area contributed by atoms with E-state index in [0.717, 1.165) is 0 Å². The Morgan fingerprint density at radius 1 is 1.25 bits per heavy atom. The maximum Gasteiger partial charge on any atom is 0.289 e. The van der Waals surface area contributed by atoms with Gasteiger partial charge in [0, 0.05) is 11.6 Å². The van der Waals surface area contributed by atoms with Crippen LogP contribution in [-0.2, 0) is 0 Å². The van der Waals surface area contributed by atoms with Crippen molar-refractivity contribution < 1.29 is 9.34 Å². The molecule has 82 valence electrons. The standard InChI is InChI=1S/C10H5Cl2NO3/c11-7-5-9(13(14)15)8(12)4-6(7)10-2-1-3-16-10/h1-5H. The summed E-state index contributed by atoms with van der Waals surface area (Å²) in [6.07, 6.45) is 1.49. The monoisotopic (exact) mass is 257 g/mol. The molecular weight excluding hydrogens is 253 g/mol. The highest BCUT2D eigenvalue weighted by Gasteiger charge is 2.17. The van der Waals surface area contributed by atoms with Crippen LogP contribution < -0.4 is 0 Å². The van der Waals surface area contributed by atoms with Gasteiger partial charge in [0.2, 0.25) is 0 Å². The molecule has 0 radical (unpaired) electrons. The molecule has 2 rings (SSSR count). The van der Waals surface area contributed by atoms with E-state index >= 15 is 0 Å². The van der Waals surface area contributed by atoms with Gasteiger partial charge in [0.25, 0.3) is 5.69 Å². The third kappa shape index (κ3) is 1.89. The van der Waals surface area contributed by atoms with Crippen LogP contribution >= 0.6 is 23.2 Å². The van der Waals surface area contributed by atoms with E-state index in [1.165, 1.54) is 18.4 Å². The van der Waals surface area contributed by atoms with E-state index in [4.69, 9.17) is 27.6 Å². The van der Waals surface area contributed by atoms with E-state index in [1.807, 2.05) is 0 Å². The highest BCUT2D eigenvalue weighted by atomic mass is 35.5. The fourth-order valence-electron chi connectivity index (χ4n) is 1.30. The van der Waals surface area contributed by atoms with Gasteiger partial charge in [0.15, 0.2) is 0 Å². The van der Waals surface area contributed by atoms with Crippen LogP contribution in [0.4, 0.5) is 5.69 Å². The van der Waals surface area contributed by atoms with Gasteiger partial charge in [-0.05, 0) is 18.2 Å². The van der Waals surface area contributed by atoms with Gasteiger partial charge in [0.1, 0.15) is 10.8 Å². The van der Waals surface area contributed by atoms with Crippen LogP contribution in [-0.4, -0.2) is 4.92 Å². The van der Waals surface area contributed by atoms with Crippen molar-refractivity contribution in [3.8, 4) is 11.3 Å². The lowest BCUT2D eigenvalue weighted by atomic mass is 10.1. The largest absolute Gasteiger partial charge is 0.464 e. The molecule has 1 aromatic heterocycles. The van der Waals surface area contributed by atoms with Crippen molar-refractivity contribution in [1.29, 1.82) is 0 Å². The maximum absolute atomic E-state index is 10.6. The Labute approximate surface area is 101 Å². The molecule has 0 saturated carbocycles. The van der Waals surface area contributed by atoms with Crippen LogP contribution in [0.25, 0.3) is 11.3 Å². The first-order valence-corrected chi connectivity index (χ1v) is 5.02. The first kappa shape index (κ1) is 11.0. The maximum atomic E-state index is 10.6. The Kier molecular flexibility index (Phi) is 2.85. The summed E-state index contributed by atoms with van der Waals surface area (Å²) in [4.78, 5) is 10.0. The van der Waals surface area contributed by atoms with Crippen molar-refractivity contribution in [2.24, 2.45) is 0 Å². The number of nitro groups is 1. The number of nitrogens with zero attached hydrogens (tertiary/aromatic N) is 1. The van der Waals surface area contributed by atoms with Gasteiger partial charge in [-0.3, -0.25) is 10.1 Å². The van der Waals surface area contributed by atoms with E-state index in [-0.39, 0.29) is 15.7 Å². The number of benzene rings is 1. The summed E-state index contributed by atoms with van der Waals surface area (Å²) >= 11 is 11.7. The Bertz CT molecular complexity index is 537. The van der Waals surface area contributed by atoms with Crippen molar-refractivity contribution >= 4 is 28.9 Å². The van der Waals surface area contributed by atoms with Gasteiger partial charge < -0.3 is 4.42 Å². The van der Waals surface area contributed by atoms with Crippen LogP contribution in [0.2, 0.25) is 10.0 Å². The fourth-order valence-corrected chi connectivity index (χ4v) is 1.78. The number of hydrogen-bond donors (Lipinski definition) is 0. The first-order valence-electron chi connectivity index (χ1n) is 4.27. The fraction of sp³-hybridized carbons (Fsp3) is 0. The number of nitro benzene ring substituents is 1. The van der Waals surface area contributed by atoms with Gasteiger partial charge >= 0.3 is 0 Å². The zero-order valence-electron chi connectivity index (χ0n) is 7.81. The van der Waals surface area contributed by atoms with Crippen LogP contribution in [0, 0.1) is 10.1 Å². The molecule has 0 bridgehead atoms. The predicted octanol–water partition coefficient (Wildman–Crippen LogP) is 4.16. The number of rotatable bonds is 2. The molecule has 6 heteroatoms. The van der Waals surface area contributed by atoms with Crippen LogP contribution in [0.5, 0.6) is 0 Å². The molecule has 2 aromatic rings. The number of hydrogen-bond acceptors (Lipinski definition) is 3.